The van der Waals surface area contributed by atoms with Crippen LogP contribution < -0.4 is 0 Å². The average Bonchev–Trinajstić information content (AvgIpc) is 2.75. The molecule has 1 aromatic carbocycles. The number of hydrogen-bond acceptors (Lipinski definition) is 1. The number of rotatable bonds is 1. The molecule has 0 amide bonds. The Morgan fingerprint density at radius 1 is 1.50 bits per heavy atom. The maximum atomic E-state index is 5.90. The summed E-state index contributed by atoms with van der Waals surface area (Å²) in [7, 11) is 0. The molecule has 1 N–H and O–H groups in total. The summed E-state index contributed by atoms with van der Waals surface area (Å²) >= 11 is 5.90. The molecule has 14 heavy (non-hydrogen) atoms. The van der Waals surface area contributed by atoms with Gasteiger partial charge in [-0.25, -0.2) is 4.98 Å². The Bertz CT molecular complexity index is 489. The van der Waals surface area contributed by atoms with Gasteiger partial charge in [0.25, 0.3) is 0 Å². The molecule has 1 aromatic heterocycles. The van der Waals surface area contributed by atoms with Crippen molar-refractivity contribution in [3.63, 3.8) is 0 Å². The lowest BCUT2D eigenvalue weighted by molar-refractivity contribution is 0.867. The minimum atomic E-state index is 0.640. The largest absolute Gasteiger partial charge is 0.342 e. The lowest BCUT2D eigenvalue weighted by Gasteiger charge is -1.88. The number of hydrogen-bond donors (Lipinski definition) is 1. The van der Waals surface area contributed by atoms with E-state index in [2.05, 4.69) is 16.9 Å². The number of fused-ring (bicyclic) bond motifs is 1. The van der Waals surface area contributed by atoms with Gasteiger partial charge >= 0.3 is 0 Å². The van der Waals surface area contributed by atoms with Crippen LogP contribution in [0.15, 0.2) is 18.2 Å². The summed E-state index contributed by atoms with van der Waals surface area (Å²) in [6.45, 7) is 2.25. The van der Waals surface area contributed by atoms with E-state index in [9.17, 15) is 0 Å². The predicted molar refractivity (Wildman–Crippen MR) is 57.6 cm³/mol. The summed E-state index contributed by atoms with van der Waals surface area (Å²) < 4.78 is 0. The van der Waals surface area contributed by atoms with Crippen LogP contribution in [-0.4, -0.2) is 9.97 Å². The number of imidazole rings is 1. The molecule has 1 fully saturated rings. The zero-order valence-corrected chi connectivity index (χ0v) is 8.67. The molecule has 0 aliphatic heterocycles. The first kappa shape index (κ1) is 8.30. The van der Waals surface area contributed by atoms with E-state index in [1.807, 2.05) is 18.2 Å². The minimum absolute atomic E-state index is 0.640. The second-order valence-corrected chi connectivity index (χ2v) is 4.54. The van der Waals surface area contributed by atoms with Gasteiger partial charge in [-0.05, 0) is 30.5 Å². The first-order chi connectivity index (χ1) is 6.74. The van der Waals surface area contributed by atoms with Gasteiger partial charge in [0.05, 0.1) is 11.0 Å². The molecule has 0 radical (unpaired) electrons. The normalized spacial score (nSPS) is 25.6. The van der Waals surface area contributed by atoms with E-state index in [-0.39, 0.29) is 0 Å². The van der Waals surface area contributed by atoms with Gasteiger partial charge in [0.2, 0.25) is 0 Å². The molecule has 2 atom stereocenters. The summed E-state index contributed by atoms with van der Waals surface area (Å²) in [4.78, 5) is 7.89. The van der Waals surface area contributed by atoms with Gasteiger partial charge in [-0.2, -0.15) is 0 Å². The quantitative estimate of drug-likeness (QED) is 0.762. The number of nitrogens with zero attached hydrogens (tertiary/aromatic N) is 1. The molecular formula is C11H11ClN2. The van der Waals surface area contributed by atoms with Gasteiger partial charge in [-0.15, -0.1) is 0 Å². The topological polar surface area (TPSA) is 28.7 Å². The molecule has 3 rings (SSSR count). The van der Waals surface area contributed by atoms with Crippen LogP contribution in [0.3, 0.4) is 0 Å². The Morgan fingerprint density at radius 3 is 3.00 bits per heavy atom. The van der Waals surface area contributed by atoms with Gasteiger partial charge in [0.15, 0.2) is 0 Å². The highest BCUT2D eigenvalue weighted by Crippen LogP contribution is 2.45. The number of halogens is 1. The van der Waals surface area contributed by atoms with Crippen LogP contribution in [0.1, 0.15) is 25.1 Å². The SMILES string of the molecule is CC1CC1c1nc2ccc(Cl)cc2[nH]1. The van der Waals surface area contributed by atoms with E-state index in [4.69, 9.17) is 11.6 Å². The third kappa shape index (κ3) is 1.22. The molecule has 0 bridgehead atoms. The smallest absolute Gasteiger partial charge is 0.110 e. The third-order valence-corrected chi connectivity index (χ3v) is 3.16. The van der Waals surface area contributed by atoms with Crippen LogP contribution in [-0.2, 0) is 0 Å². The fourth-order valence-corrected chi connectivity index (χ4v) is 2.05. The number of benzene rings is 1. The second-order valence-electron chi connectivity index (χ2n) is 4.10. The Kier molecular flexibility index (Phi) is 1.62. The van der Waals surface area contributed by atoms with Crippen LogP contribution in [0, 0.1) is 5.92 Å². The van der Waals surface area contributed by atoms with Crippen molar-refractivity contribution in [2.75, 3.05) is 0 Å². The second kappa shape index (κ2) is 2.74. The van der Waals surface area contributed by atoms with Gasteiger partial charge in [0.1, 0.15) is 5.82 Å². The maximum Gasteiger partial charge on any atom is 0.110 e. The van der Waals surface area contributed by atoms with Crippen molar-refractivity contribution in [3.8, 4) is 0 Å². The molecule has 0 saturated heterocycles. The lowest BCUT2D eigenvalue weighted by atomic mass is 10.3. The molecule has 1 heterocycles. The number of aromatic amines is 1. The summed E-state index contributed by atoms with van der Waals surface area (Å²) in [5.41, 5.74) is 2.06. The maximum absolute atomic E-state index is 5.90. The van der Waals surface area contributed by atoms with Crippen LogP contribution >= 0.6 is 11.6 Å². The van der Waals surface area contributed by atoms with Crippen LogP contribution in [0.2, 0.25) is 5.02 Å². The van der Waals surface area contributed by atoms with Crippen molar-refractivity contribution in [1.29, 1.82) is 0 Å². The molecule has 2 nitrogen and oxygen atoms in total. The zero-order chi connectivity index (χ0) is 9.71. The van der Waals surface area contributed by atoms with Crippen molar-refractivity contribution in [2.24, 2.45) is 5.92 Å². The average molecular weight is 207 g/mol. The van der Waals surface area contributed by atoms with Crippen molar-refractivity contribution in [2.45, 2.75) is 19.3 Å². The standard InChI is InChI=1S/C11H11ClN2/c1-6-4-8(6)11-13-9-3-2-7(12)5-10(9)14-11/h2-3,5-6,8H,4H2,1H3,(H,13,14). The molecule has 72 valence electrons. The van der Waals surface area contributed by atoms with Crippen LogP contribution in [0.4, 0.5) is 0 Å². The van der Waals surface area contributed by atoms with Gasteiger partial charge in [-0.1, -0.05) is 18.5 Å². The van der Waals surface area contributed by atoms with E-state index >= 15 is 0 Å². The van der Waals surface area contributed by atoms with E-state index in [0.29, 0.717) is 5.92 Å². The van der Waals surface area contributed by atoms with Gasteiger partial charge in [0, 0.05) is 10.9 Å². The number of nitrogens with one attached hydrogen (secondary N) is 1. The molecule has 2 unspecified atom stereocenters. The minimum Gasteiger partial charge on any atom is -0.342 e. The summed E-state index contributed by atoms with van der Waals surface area (Å²) in [6.07, 6.45) is 1.26. The lowest BCUT2D eigenvalue weighted by Crippen LogP contribution is -1.82. The van der Waals surface area contributed by atoms with Crippen molar-refractivity contribution in [3.05, 3.63) is 29.0 Å². The molecule has 2 aromatic rings. The zero-order valence-electron chi connectivity index (χ0n) is 7.92. The van der Waals surface area contributed by atoms with Crippen LogP contribution in [0.5, 0.6) is 0 Å². The fourth-order valence-electron chi connectivity index (χ4n) is 1.88. The van der Waals surface area contributed by atoms with Crippen molar-refractivity contribution in [1.82, 2.24) is 9.97 Å². The first-order valence-corrected chi connectivity index (χ1v) is 5.27. The third-order valence-electron chi connectivity index (χ3n) is 2.92. The molecule has 1 saturated carbocycles. The fraction of sp³-hybridized carbons (Fsp3) is 0.364. The molecule has 3 heteroatoms. The van der Waals surface area contributed by atoms with E-state index in [1.165, 1.54) is 6.42 Å². The van der Waals surface area contributed by atoms with Crippen molar-refractivity contribution < 1.29 is 0 Å². The predicted octanol–water partition coefficient (Wildman–Crippen LogP) is 3.34. The molecule has 0 spiro atoms. The number of aromatic nitrogens is 2. The Balaban J connectivity index is 2.11. The van der Waals surface area contributed by atoms with Crippen molar-refractivity contribution >= 4 is 22.6 Å². The first-order valence-electron chi connectivity index (χ1n) is 4.89. The van der Waals surface area contributed by atoms with E-state index in [0.717, 1.165) is 27.8 Å². The van der Waals surface area contributed by atoms with Gasteiger partial charge < -0.3 is 4.98 Å². The Hall–Kier alpha value is -1.02. The summed E-state index contributed by atoms with van der Waals surface area (Å²) in [5.74, 6) is 2.54. The molecular weight excluding hydrogens is 196 g/mol. The van der Waals surface area contributed by atoms with E-state index in [1.54, 1.807) is 0 Å². The highest BCUT2D eigenvalue weighted by molar-refractivity contribution is 6.31. The summed E-state index contributed by atoms with van der Waals surface area (Å²) in [6, 6.07) is 5.77. The Morgan fingerprint density at radius 2 is 2.29 bits per heavy atom. The monoisotopic (exact) mass is 206 g/mol. The molecule has 1 aliphatic rings. The highest BCUT2D eigenvalue weighted by Gasteiger charge is 2.36. The highest BCUT2D eigenvalue weighted by atomic mass is 35.5. The summed E-state index contributed by atoms with van der Waals surface area (Å²) in [5, 5.41) is 0.761. The van der Waals surface area contributed by atoms with Crippen LogP contribution in [0.25, 0.3) is 11.0 Å². The number of H-pyrrole nitrogens is 1. The molecule has 1 aliphatic carbocycles. The van der Waals surface area contributed by atoms with Gasteiger partial charge in [-0.3, -0.25) is 0 Å². The van der Waals surface area contributed by atoms with E-state index < -0.39 is 0 Å². The Labute approximate surface area is 87.3 Å².